The first-order valence-electron chi connectivity index (χ1n) is 5.34. The third-order valence-electron chi connectivity index (χ3n) is 2.32. The molecule has 0 spiro atoms. The Balaban J connectivity index is 2.54. The quantitative estimate of drug-likeness (QED) is 0.757. The van der Waals surface area contributed by atoms with Gasteiger partial charge in [0.1, 0.15) is 0 Å². The van der Waals surface area contributed by atoms with Crippen molar-refractivity contribution >= 4 is 11.6 Å². The summed E-state index contributed by atoms with van der Waals surface area (Å²) in [5.41, 5.74) is 2.06. The number of hydrogen-bond donors (Lipinski definition) is 2. The van der Waals surface area contributed by atoms with Crippen molar-refractivity contribution in [1.82, 2.24) is 0 Å². The molecular weight excluding hydrogens is 188 g/mol. The van der Waals surface area contributed by atoms with Gasteiger partial charge in [-0.3, -0.25) is 4.79 Å². The van der Waals surface area contributed by atoms with Crippen LogP contribution in [0, 0.1) is 6.92 Å². The number of amides is 1. The van der Waals surface area contributed by atoms with Crippen LogP contribution in [0.1, 0.15) is 19.4 Å². The molecule has 0 radical (unpaired) electrons. The SMILES string of the molecule is CC[NH2+][C@H](C)C(=O)Nc1ccc(C)cc1. The van der Waals surface area contributed by atoms with Gasteiger partial charge in [-0.25, -0.2) is 0 Å². The Hall–Kier alpha value is -1.35. The van der Waals surface area contributed by atoms with Crippen LogP contribution in [0.2, 0.25) is 0 Å². The van der Waals surface area contributed by atoms with Crippen LogP contribution >= 0.6 is 0 Å². The number of carbonyl (C=O) groups is 1. The summed E-state index contributed by atoms with van der Waals surface area (Å²) in [4.78, 5) is 11.6. The molecule has 0 bridgehead atoms. The smallest absolute Gasteiger partial charge is 0.282 e. The highest BCUT2D eigenvalue weighted by atomic mass is 16.2. The van der Waals surface area contributed by atoms with Crippen molar-refractivity contribution < 1.29 is 10.1 Å². The van der Waals surface area contributed by atoms with Gasteiger partial charge in [-0.15, -0.1) is 0 Å². The molecule has 0 aliphatic carbocycles. The number of nitrogens with two attached hydrogens (primary N) is 1. The second kappa shape index (κ2) is 5.51. The molecule has 1 amide bonds. The number of nitrogens with one attached hydrogen (secondary N) is 1. The minimum absolute atomic E-state index is 0.0312. The molecule has 1 aromatic carbocycles. The molecule has 1 aromatic rings. The zero-order valence-corrected chi connectivity index (χ0v) is 9.58. The van der Waals surface area contributed by atoms with Gasteiger partial charge >= 0.3 is 0 Å². The Kier molecular flexibility index (Phi) is 4.31. The standard InChI is InChI=1S/C12H18N2O/c1-4-13-10(3)12(15)14-11-7-5-9(2)6-8-11/h5-8,10,13H,4H2,1-3H3,(H,14,15)/p+1/t10-/m1/s1. The first-order chi connectivity index (χ1) is 7.13. The highest BCUT2D eigenvalue weighted by molar-refractivity contribution is 5.93. The van der Waals surface area contributed by atoms with E-state index >= 15 is 0 Å². The number of rotatable bonds is 4. The van der Waals surface area contributed by atoms with Crippen LogP contribution < -0.4 is 10.6 Å². The molecule has 1 atom stereocenters. The van der Waals surface area contributed by atoms with E-state index in [0.717, 1.165) is 12.2 Å². The molecule has 0 aliphatic heterocycles. The van der Waals surface area contributed by atoms with Gasteiger partial charge in [0.15, 0.2) is 6.04 Å². The molecule has 0 fully saturated rings. The van der Waals surface area contributed by atoms with Gasteiger partial charge in [0.05, 0.1) is 6.54 Å². The summed E-state index contributed by atoms with van der Waals surface area (Å²) in [5, 5.41) is 4.89. The van der Waals surface area contributed by atoms with Crippen molar-refractivity contribution in [2.24, 2.45) is 0 Å². The molecule has 0 aliphatic rings. The number of carbonyl (C=O) groups excluding carboxylic acids is 1. The molecule has 0 saturated carbocycles. The van der Waals surface area contributed by atoms with E-state index in [4.69, 9.17) is 0 Å². The van der Waals surface area contributed by atoms with Crippen molar-refractivity contribution in [2.45, 2.75) is 26.8 Å². The molecular formula is C12H19N2O+. The van der Waals surface area contributed by atoms with E-state index in [-0.39, 0.29) is 11.9 Å². The molecule has 0 saturated heterocycles. The molecule has 82 valence electrons. The Labute approximate surface area is 90.9 Å². The topological polar surface area (TPSA) is 45.7 Å². The zero-order chi connectivity index (χ0) is 11.3. The van der Waals surface area contributed by atoms with Crippen LogP contribution in [-0.2, 0) is 4.79 Å². The van der Waals surface area contributed by atoms with Crippen LogP contribution in [0.3, 0.4) is 0 Å². The summed E-state index contributed by atoms with van der Waals surface area (Å²) in [6.07, 6.45) is 0. The molecule has 15 heavy (non-hydrogen) atoms. The van der Waals surface area contributed by atoms with Gasteiger partial charge in [-0.2, -0.15) is 0 Å². The highest BCUT2D eigenvalue weighted by Gasteiger charge is 2.14. The summed E-state index contributed by atoms with van der Waals surface area (Å²) in [7, 11) is 0. The number of anilines is 1. The maximum absolute atomic E-state index is 11.6. The normalized spacial score (nSPS) is 12.2. The fraction of sp³-hybridized carbons (Fsp3) is 0.417. The van der Waals surface area contributed by atoms with Crippen molar-refractivity contribution in [3.63, 3.8) is 0 Å². The van der Waals surface area contributed by atoms with E-state index < -0.39 is 0 Å². The molecule has 0 unspecified atom stereocenters. The van der Waals surface area contributed by atoms with E-state index in [2.05, 4.69) is 5.32 Å². The third-order valence-corrected chi connectivity index (χ3v) is 2.32. The predicted octanol–water partition coefficient (Wildman–Crippen LogP) is 0.905. The molecule has 3 nitrogen and oxygen atoms in total. The van der Waals surface area contributed by atoms with Crippen LogP contribution in [0.4, 0.5) is 5.69 Å². The van der Waals surface area contributed by atoms with Gasteiger partial charge in [0.25, 0.3) is 5.91 Å². The van der Waals surface area contributed by atoms with Crippen molar-refractivity contribution in [1.29, 1.82) is 0 Å². The molecule has 3 N–H and O–H groups in total. The van der Waals surface area contributed by atoms with Crippen LogP contribution in [0.15, 0.2) is 24.3 Å². The first kappa shape index (κ1) is 11.7. The molecule has 3 heteroatoms. The average molecular weight is 207 g/mol. The Morgan fingerprint density at radius 3 is 2.53 bits per heavy atom. The lowest BCUT2D eigenvalue weighted by molar-refractivity contribution is -0.670. The van der Waals surface area contributed by atoms with Crippen LogP contribution in [0.5, 0.6) is 0 Å². The maximum Gasteiger partial charge on any atom is 0.282 e. The Bertz CT molecular complexity index is 319. The lowest BCUT2D eigenvalue weighted by Gasteiger charge is -2.10. The number of hydrogen-bond acceptors (Lipinski definition) is 1. The van der Waals surface area contributed by atoms with Gasteiger partial charge in [0.2, 0.25) is 0 Å². The van der Waals surface area contributed by atoms with Crippen molar-refractivity contribution in [3.8, 4) is 0 Å². The van der Waals surface area contributed by atoms with E-state index in [1.807, 2.05) is 50.4 Å². The van der Waals surface area contributed by atoms with Gasteiger partial charge < -0.3 is 10.6 Å². The molecule has 0 heterocycles. The minimum atomic E-state index is -0.0312. The third kappa shape index (κ3) is 3.72. The number of benzene rings is 1. The van der Waals surface area contributed by atoms with Crippen LogP contribution in [0.25, 0.3) is 0 Å². The maximum atomic E-state index is 11.6. The Morgan fingerprint density at radius 2 is 2.00 bits per heavy atom. The largest absolute Gasteiger partial charge is 0.336 e. The molecule has 1 rings (SSSR count). The monoisotopic (exact) mass is 207 g/mol. The van der Waals surface area contributed by atoms with Crippen molar-refractivity contribution in [2.75, 3.05) is 11.9 Å². The summed E-state index contributed by atoms with van der Waals surface area (Å²) in [5.74, 6) is 0.0562. The fourth-order valence-electron chi connectivity index (χ4n) is 1.35. The predicted molar refractivity (Wildman–Crippen MR) is 61.7 cm³/mol. The number of quaternary nitrogens is 1. The van der Waals surface area contributed by atoms with Gasteiger partial charge in [-0.1, -0.05) is 17.7 Å². The van der Waals surface area contributed by atoms with E-state index in [1.54, 1.807) is 0 Å². The highest BCUT2D eigenvalue weighted by Crippen LogP contribution is 2.08. The Morgan fingerprint density at radius 1 is 1.40 bits per heavy atom. The van der Waals surface area contributed by atoms with E-state index in [0.29, 0.717) is 0 Å². The second-order valence-electron chi connectivity index (χ2n) is 3.79. The average Bonchev–Trinajstić information content (AvgIpc) is 2.22. The van der Waals surface area contributed by atoms with Gasteiger partial charge in [-0.05, 0) is 32.9 Å². The zero-order valence-electron chi connectivity index (χ0n) is 9.58. The summed E-state index contributed by atoms with van der Waals surface area (Å²) < 4.78 is 0. The molecule has 0 aromatic heterocycles. The van der Waals surface area contributed by atoms with E-state index in [9.17, 15) is 4.79 Å². The first-order valence-corrected chi connectivity index (χ1v) is 5.34. The minimum Gasteiger partial charge on any atom is -0.336 e. The summed E-state index contributed by atoms with van der Waals surface area (Å²) in [6.45, 7) is 6.89. The van der Waals surface area contributed by atoms with E-state index in [1.165, 1.54) is 5.56 Å². The fourth-order valence-corrected chi connectivity index (χ4v) is 1.35. The van der Waals surface area contributed by atoms with Crippen molar-refractivity contribution in [3.05, 3.63) is 29.8 Å². The summed E-state index contributed by atoms with van der Waals surface area (Å²) in [6, 6.07) is 7.79. The summed E-state index contributed by atoms with van der Waals surface area (Å²) >= 11 is 0. The number of likely N-dealkylation sites (N-methyl/N-ethyl adjacent to an activating group) is 1. The lowest BCUT2D eigenvalue weighted by atomic mass is 10.2. The van der Waals surface area contributed by atoms with Crippen LogP contribution in [-0.4, -0.2) is 18.5 Å². The number of aryl methyl sites for hydroxylation is 1. The second-order valence-corrected chi connectivity index (χ2v) is 3.79. The van der Waals surface area contributed by atoms with Gasteiger partial charge in [0, 0.05) is 5.69 Å². The lowest BCUT2D eigenvalue weighted by Crippen LogP contribution is -2.91.